The molecular formula is C11H18N2O4S. The van der Waals surface area contributed by atoms with Gasteiger partial charge in [0.05, 0.1) is 0 Å². The molecule has 1 aromatic rings. The monoisotopic (exact) mass is 274 g/mol. The summed E-state index contributed by atoms with van der Waals surface area (Å²) in [5.74, 6) is -1.14. The van der Waals surface area contributed by atoms with Crippen LogP contribution in [0.3, 0.4) is 0 Å². The van der Waals surface area contributed by atoms with Crippen LogP contribution in [0.1, 0.15) is 38.2 Å². The van der Waals surface area contributed by atoms with Crippen molar-refractivity contribution in [2.24, 2.45) is 0 Å². The molecule has 0 aliphatic heterocycles. The highest BCUT2D eigenvalue weighted by Gasteiger charge is 2.25. The summed E-state index contributed by atoms with van der Waals surface area (Å²) in [6, 6.07) is 1.17. The first-order chi connectivity index (χ1) is 8.07. The molecule has 0 aromatic carbocycles. The second-order valence-corrected chi connectivity index (χ2v) is 6.69. The second kappa shape index (κ2) is 4.74. The van der Waals surface area contributed by atoms with Gasteiger partial charge in [0, 0.05) is 18.3 Å². The van der Waals surface area contributed by atoms with Gasteiger partial charge in [0.15, 0.2) is 0 Å². The molecule has 7 heteroatoms. The van der Waals surface area contributed by atoms with E-state index < -0.39 is 21.5 Å². The Labute approximate surface area is 107 Å². The van der Waals surface area contributed by atoms with Crippen LogP contribution in [-0.4, -0.2) is 29.6 Å². The molecule has 6 nitrogen and oxygen atoms in total. The van der Waals surface area contributed by atoms with Gasteiger partial charge in [-0.05, 0) is 33.8 Å². The highest BCUT2D eigenvalue weighted by atomic mass is 32.2. The zero-order valence-corrected chi connectivity index (χ0v) is 11.7. The molecule has 102 valence electrons. The minimum absolute atomic E-state index is 0.0309. The maximum atomic E-state index is 12.0. The fraction of sp³-hybridized carbons (Fsp3) is 0.545. The van der Waals surface area contributed by atoms with E-state index in [0.717, 1.165) is 0 Å². The summed E-state index contributed by atoms with van der Waals surface area (Å²) in [5.41, 5.74) is -0.650. The Morgan fingerprint density at radius 3 is 2.33 bits per heavy atom. The number of carboxylic acid groups (broad SMARTS) is 1. The van der Waals surface area contributed by atoms with E-state index in [1.54, 1.807) is 27.7 Å². The predicted molar refractivity (Wildman–Crippen MR) is 67.1 cm³/mol. The van der Waals surface area contributed by atoms with Crippen molar-refractivity contribution >= 4 is 16.0 Å². The largest absolute Gasteiger partial charge is 0.477 e. The van der Waals surface area contributed by atoms with Crippen molar-refractivity contribution in [2.45, 2.75) is 44.7 Å². The molecule has 0 atom stereocenters. The molecule has 0 aliphatic rings. The number of carboxylic acids is 1. The van der Waals surface area contributed by atoms with Crippen molar-refractivity contribution in [1.82, 2.24) is 9.29 Å². The summed E-state index contributed by atoms with van der Waals surface area (Å²) < 4.78 is 27.9. The molecular weight excluding hydrogens is 256 g/mol. The normalized spacial score (nSPS) is 12.7. The lowest BCUT2D eigenvalue weighted by molar-refractivity contribution is 0.0685. The van der Waals surface area contributed by atoms with Crippen LogP contribution in [-0.2, 0) is 16.6 Å². The number of hydrogen-bond acceptors (Lipinski definition) is 3. The van der Waals surface area contributed by atoms with Crippen molar-refractivity contribution in [3.63, 3.8) is 0 Å². The van der Waals surface area contributed by atoms with Gasteiger partial charge in [0.1, 0.15) is 10.6 Å². The van der Waals surface area contributed by atoms with E-state index >= 15 is 0 Å². The van der Waals surface area contributed by atoms with Gasteiger partial charge < -0.3 is 9.67 Å². The Kier molecular flexibility index (Phi) is 3.87. The summed E-state index contributed by atoms with van der Waals surface area (Å²) in [4.78, 5) is 10.9. The third-order valence-electron chi connectivity index (χ3n) is 2.18. The molecule has 1 rings (SSSR count). The van der Waals surface area contributed by atoms with Gasteiger partial charge in [0.2, 0.25) is 10.0 Å². The summed E-state index contributed by atoms with van der Waals surface area (Å²) in [6.07, 6.45) is 1.33. The quantitative estimate of drug-likeness (QED) is 0.865. The van der Waals surface area contributed by atoms with Gasteiger partial charge >= 0.3 is 5.97 Å². The number of rotatable bonds is 4. The molecule has 0 amide bonds. The SMILES string of the molecule is CCn1cc(S(=O)(=O)NC(C)(C)C)cc1C(=O)O. The van der Waals surface area contributed by atoms with Gasteiger partial charge in [-0.1, -0.05) is 0 Å². The fourth-order valence-corrected chi connectivity index (χ4v) is 2.99. The van der Waals surface area contributed by atoms with Crippen molar-refractivity contribution in [3.05, 3.63) is 18.0 Å². The van der Waals surface area contributed by atoms with Crippen molar-refractivity contribution in [3.8, 4) is 0 Å². The maximum Gasteiger partial charge on any atom is 0.352 e. The van der Waals surface area contributed by atoms with Crippen LogP contribution in [0, 0.1) is 0 Å². The average Bonchev–Trinajstić information content (AvgIpc) is 2.57. The molecule has 0 saturated carbocycles. The first-order valence-electron chi connectivity index (χ1n) is 5.54. The highest BCUT2D eigenvalue weighted by molar-refractivity contribution is 7.89. The smallest absolute Gasteiger partial charge is 0.352 e. The van der Waals surface area contributed by atoms with Gasteiger partial charge in [-0.25, -0.2) is 17.9 Å². The summed E-state index contributed by atoms with van der Waals surface area (Å²) >= 11 is 0. The lowest BCUT2D eigenvalue weighted by atomic mass is 10.1. The summed E-state index contributed by atoms with van der Waals surface area (Å²) in [5, 5.41) is 8.97. The van der Waals surface area contributed by atoms with Gasteiger partial charge in [0.25, 0.3) is 0 Å². The molecule has 0 fully saturated rings. The highest BCUT2D eigenvalue weighted by Crippen LogP contribution is 2.17. The number of nitrogens with zero attached hydrogens (tertiary/aromatic N) is 1. The Bertz CT molecular complexity index is 552. The zero-order valence-electron chi connectivity index (χ0n) is 10.9. The van der Waals surface area contributed by atoms with Gasteiger partial charge in [-0.3, -0.25) is 0 Å². The van der Waals surface area contributed by atoms with E-state index in [4.69, 9.17) is 5.11 Å². The average molecular weight is 274 g/mol. The molecule has 1 heterocycles. The van der Waals surface area contributed by atoms with Gasteiger partial charge in [-0.15, -0.1) is 0 Å². The number of aromatic carboxylic acids is 1. The van der Waals surface area contributed by atoms with Crippen molar-refractivity contribution < 1.29 is 18.3 Å². The minimum atomic E-state index is -3.70. The topological polar surface area (TPSA) is 88.4 Å². The Morgan fingerprint density at radius 1 is 1.44 bits per heavy atom. The van der Waals surface area contributed by atoms with Crippen LogP contribution in [0.2, 0.25) is 0 Å². The van der Waals surface area contributed by atoms with Gasteiger partial charge in [-0.2, -0.15) is 0 Å². The lowest BCUT2D eigenvalue weighted by Crippen LogP contribution is -2.40. The fourth-order valence-electron chi connectivity index (χ4n) is 1.53. The maximum absolute atomic E-state index is 12.0. The molecule has 18 heavy (non-hydrogen) atoms. The second-order valence-electron chi connectivity index (χ2n) is 5.01. The molecule has 0 spiro atoms. The third kappa shape index (κ3) is 3.33. The van der Waals surface area contributed by atoms with Crippen LogP contribution < -0.4 is 4.72 Å². The first kappa shape index (κ1) is 14.7. The number of hydrogen-bond donors (Lipinski definition) is 2. The van der Waals surface area contributed by atoms with Crippen molar-refractivity contribution in [1.29, 1.82) is 0 Å². The molecule has 0 unspecified atom stereocenters. The Morgan fingerprint density at radius 2 is 2.00 bits per heavy atom. The van der Waals surface area contributed by atoms with Crippen LogP contribution in [0.15, 0.2) is 17.2 Å². The molecule has 1 aromatic heterocycles. The summed E-state index contributed by atoms with van der Waals surface area (Å²) in [7, 11) is -3.70. The molecule has 2 N–H and O–H groups in total. The van der Waals surface area contributed by atoms with E-state index in [1.165, 1.54) is 16.8 Å². The van der Waals surface area contributed by atoms with Crippen LogP contribution in [0.4, 0.5) is 0 Å². The number of aromatic nitrogens is 1. The zero-order chi connectivity index (χ0) is 14.1. The Hall–Kier alpha value is -1.34. The molecule has 0 saturated heterocycles. The van der Waals surface area contributed by atoms with E-state index in [9.17, 15) is 13.2 Å². The van der Waals surface area contributed by atoms with E-state index in [0.29, 0.717) is 6.54 Å². The standard InChI is InChI=1S/C11H18N2O4S/c1-5-13-7-8(6-9(13)10(14)15)18(16,17)12-11(2,3)4/h6-7,12H,5H2,1-4H3,(H,14,15). The van der Waals surface area contributed by atoms with Crippen molar-refractivity contribution in [2.75, 3.05) is 0 Å². The first-order valence-corrected chi connectivity index (χ1v) is 7.02. The number of carbonyl (C=O) groups is 1. The number of sulfonamides is 1. The third-order valence-corrected chi connectivity index (χ3v) is 3.91. The van der Waals surface area contributed by atoms with Crippen LogP contribution in [0.5, 0.6) is 0 Å². The predicted octanol–water partition coefficient (Wildman–Crippen LogP) is 1.28. The minimum Gasteiger partial charge on any atom is -0.477 e. The number of nitrogens with one attached hydrogen (secondary N) is 1. The van der Waals surface area contributed by atoms with Crippen LogP contribution in [0.25, 0.3) is 0 Å². The van der Waals surface area contributed by atoms with E-state index in [1.807, 2.05) is 0 Å². The van der Waals surface area contributed by atoms with E-state index in [-0.39, 0.29) is 10.6 Å². The lowest BCUT2D eigenvalue weighted by Gasteiger charge is -2.19. The Balaban J connectivity index is 3.23. The van der Waals surface area contributed by atoms with Crippen LogP contribution >= 0.6 is 0 Å². The van der Waals surface area contributed by atoms with E-state index in [2.05, 4.69) is 4.72 Å². The summed E-state index contributed by atoms with van der Waals surface area (Å²) in [6.45, 7) is 7.31. The molecule has 0 radical (unpaired) electrons. The molecule has 0 aliphatic carbocycles. The molecule has 0 bridgehead atoms. The number of aryl methyl sites for hydroxylation is 1.